The van der Waals surface area contributed by atoms with Crippen LogP contribution in [0.4, 0.5) is 0 Å². The minimum absolute atomic E-state index is 0.155. The molecule has 2 fully saturated rings. The van der Waals surface area contributed by atoms with Crippen LogP contribution in [0.2, 0.25) is 0 Å². The molecule has 2 heterocycles. The van der Waals surface area contributed by atoms with Gasteiger partial charge in [0.2, 0.25) is 11.8 Å². The summed E-state index contributed by atoms with van der Waals surface area (Å²) in [4.78, 5) is 31.1. The van der Waals surface area contributed by atoms with E-state index in [2.05, 4.69) is 4.90 Å². The molecule has 0 unspecified atom stereocenters. The molecule has 1 aromatic rings. The van der Waals surface area contributed by atoms with E-state index in [0.29, 0.717) is 24.7 Å². The standard InChI is InChI=1S/C21H29N3O4/c1-27-18-11-16-5-6-24(13-17(16)12-19(18)28-2)20(25)14-22-7-9-23(10-8-22)21(26)15-3-4-15/h11-12,15H,3-10,13-14H2,1-2H3. The molecule has 0 radical (unpaired) electrons. The Kier molecular flexibility index (Phi) is 5.44. The molecule has 152 valence electrons. The molecule has 1 aliphatic carbocycles. The lowest BCUT2D eigenvalue weighted by Gasteiger charge is -2.36. The number of ether oxygens (including phenoxy) is 2. The monoisotopic (exact) mass is 387 g/mol. The van der Waals surface area contributed by atoms with Crippen molar-refractivity contribution < 1.29 is 19.1 Å². The Bertz CT molecular complexity index is 754. The van der Waals surface area contributed by atoms with Gasteiger partial charge in [-0.3, -0.25) is 14.5 Å². The second-order valence-electron chi connectivity index (χ2n) is 7.92. The Morgan fingerprint density at radius 3 is 2.18 bits per heavy atom. The molecule has 0 spiro atoms. The minimum Gasteiger partial charge on any atom is -0.493 e. The molecule has 1 saturated carbocycles. The van der Waals surface area contributed by atoms with E-state index in [1.165, 1.54) is 5.56 Å². The second kappa shape index (κ2) is 7.99. The van der Waals surface area contributed by atoms with Gasteiger partial charge in [-0.2, -0.15) is 0 Å². The molecule has 28 heavy (non-hydrogen) atoms. The molecule has 0 atom stereocenters. The van der Waals surface area contributed by atoms with E-state index in [9.17, 15) is 9.59 Å². The number of nitrogens with zero attached hydrogens (tertiary/aromatic N) is 3. The number of hydrogen-bond donors (Lipinski definition) is 0. The van der Waals surface area contributed by atoms with Crippen molar-refractivity contribution in [3.63, 3.8) is 0 Å². The average Bonchev–Trinajstić information content (AvgIpc) is 3.57. The third kappa shape index (κ3) is 3.94. The number of fused-ring (bicyclic) bond motifs is 1. The SMILES string of the molecule is COc1cc2c(cc1OC)CN(C(=O)CN1CCN(C(=O)C3CC3)CC1)CC2. The Balaban J connectivity index is 1.32. The summed E-state index contributed by atoms with van der Waals surface area (Å²) in [7, 11) is 3.27. The van der Waals surface area contributed by atoms with Gasteiger partial charge in [0.1, 0.15) is 0 Å². The van der Waals surface area contributed by atoms with Crippen molar-refractivity contribution in [2.75, 3.05) is 53.5 Å². The van der Waals surface area contributed by atoms with E-state index in [0.717, 1.165) is 63.3 Å². The number of methoxy groups -OCH3 is 2. The number of hydrogen-bond acceptors (Lipinski definition) is 5. The maximum atomic E-state index is 12.8. The zero-order valence-corrected chi connectivity index (χ0v) is 16.8. The zero-order valence-electron chi connectivity index (χ0n) is 16.8. The fourth-order valence-electron chi connectivity index (χ4n) is 4.10. The third-order valence-electron chi connectivity index (χ3n) is 6.04. The summed E-state index contributed by atoms with van der Waals surface area (Å²) in [6.45, 7) is 4.79. The topological polar surface area (TPSA) is 62.3 Å². The van der Waals surface area contributed by atoms with Gasteiger partial charge >= 0.3 is 0 Å². The number of carbonyl (C=O) groups is 2. The summed E-state index contributed by atoms with van der Waals surface area (Å²) in [5.74, 6) is 2.18. The zero-order chi connectivity index (χ0) is 19.7. The molecule has 1 saturated heterocycles. The van der Waals surface area contributed by atoms with Crippen LogP contribution in [0.3, 0.4) is 0 Å². The lowest BCUT2D eigenvalue weighted by molar-refractivity contribution is -0.136. The predicted molar refractivity (Wildman–Crippen MR) is 104 cm³/mol. The first-order valence-electron chi connectivity index (χ1n) is 10.1. The number of piperazine rings is 1. The summed E-state index contributed by atoms with van der Waals surface area (Å²) >= 11 is 0. The fraction of sp³-hybridized carbons (Fsp3) is 0.619. The van der Waals surface area contributed by atoms with Crippen LogP contribution < -0.4 is 9.47 Å². The molecule has 4 rings (SSSR count). The molecule has 0 N–H and O–H groups in total. The van der Waals surface area contributed by atoms with Gasteiger partial charge in [0.25, 0.3) is 0 Å². The molecule has 2 aliphatic heterocycles. The number of carbonyl (C=O) groups excluding carboxylic acids is 2. The summed E-state index contributed by atoms with van der Waals surface area (Å²) in [6.07, 6.45) is 2.92. The van der Waals surface area contributed by atoms with Crippen molar-refractivity contribution in [3.05, 3.63) is 23.3 Å². The Morgan fingerprint density at radius 1 is 0.929 bits per heavy atom. The van der Waals surface area contributed by atoms with Crippen LogP contribution in [0.1, 0.15) is 24.0 Å². The van der Waals surface area contributed by atoms with Gasteiger partial charge in [-0.15, -0.1) is 0 Å². The van der Waals surface area contributed by atoms with Crippen molar-refractivity contribution in [3.8, 4) is 11.5 Å². The van der Waals surface area contributed by atoms with Gasteiger partial charge in [-0.1, -0.05) is 0 Å². The lowest BCUT2D eigenvalue weighted by atomic mass is 9.98. The van der Waals surface area contributed by atoms with Crippen molar-refractivity contribution >= 4 is 11.8 Å². The molecule has 0 aromatic heterocycles. The van der Waals surface area contributed by atoms with Crippen LogP contribution >= 0.6 is 0 Å². The van der Waals surface area contributed by atoms with E-state index < -0.39 is 0 Å². The first kappa shape index (κ1) is 19.1. The summed E-state index contributed by atoms with van der Waals surface area (Å²) in [5, 5.41) is 0. The molecule has 7 heteroatoms. The number of benzene rings is 1. The Labute approximate surface area is 166 Å². The van der Waals surface area contributed by atoms with E-state index in [1.54, 1.807) is 14.2 Å². The highest BCUT2D eigenvalue weighted by atomic mass is 16.5. The molecule has 1 aromatic carbocycles. The van der Waals surface area contributed by atoms with Crippen LogP contribution in [0, 0.1) is 5.92 Å². The quantitative estimate of drug-likeness (QED) is 0.758. The molecule has 2 amide bonds. The van der Waals surface area contributed by atoms with Crippen LogP contribution in [0.15, 0.2) is 12.1 Å². The summed E-state index contributed by atoms with van der Waals surface area (Å²) in [6, 6.07) is 4.00. The van der Waals surface area contributed by atoms with E-state index in [4.69, 9.17) is 9.47 Å². The largest absolute Gasteiger partial charge is 0.493 e. The molecule has 0 bridgehead atoms. The van der Waals surface area contributed by atoms with Gasteiger partial charge in [-0.25, -0.2) is 0 Å². The van der Waals surface area contributed by atoms with Gasteiger partial charge in [0, 0.05) is 45.2 Å². The van der Waals surface area contributed by atoms with Crippen molar-refractivity contribution in [1.82, 2.24) is 14.7 Å². The molecule has 7 nitrogen and oxygen atoms in total. The number of amides is 2. The Morgan fingerprint density at radius 2 is 1.57 bits per heavy atom. The van der Waals surface area contributed by atoms with E-state index >= 15 is 0 Å². The smallest absolute Gasteiger partial charge is 0.237 e. The van der Waals surface area contributed by atoms with Crippen molar-refractivity contribution in [1.29, 1.82) is 0 Å². The summed E-state index contributed by atoms with van der Waals surface area (Å²) in [5.41, 5.74) is 2.34. The lowest BCUT2D eigenvalue weighted by Crippen LogP contribution is -2.52. The van der Waals surface area contributed by atoms with Crippen LogP contribution in [0.5, 0.6) is 11.5 Å². The Hall–Kier alpha value is -2.28. The van der Waals surface area contributed by atoms with Crippen LogP contribution in [0.25, 0.3) is 0 Å². The highest BCUT2D eigenvalue weighted by molar-refractivity contribution is 5.81. The van der Waals surface area contributed by atoms with Gasteiger partial charge in [0.05, 0.1) is 20.8 Å². The van der Waals surface area contributed by atoms with Gasteiger partial charge in [-0.05, 0) is 42.5 Å². The van der Waals surface area contributed by atoms with E-state index in [1.807, 2.05) is 21.9 Å². The first-order chi connectivity index (χ1) is 13.6. The predicted octanol–water partition coefficient (Wildman–Crippen LogP) is 1.14. The molecular weight excluding hydrogens is 358 g/mol. The highest BCUT2D eigenvalue weighted by Gasteiger charge is 2.35. The number of rotatable bonds is 5. The maximum Gasteiger partial charge on any atom is 0.237 e. The average molecular weight is 387 g/mol. The van der Waals surface area contributed by atoms with Crippen LogP contribution in [-0.2, 0) is 22.6 Å². The van der Waals surface area contributed by atoms with Gasteiger partial charge in [0.15, 0.2) is 11.5 Å². The highest BCUT2D eigenvalue weighted by Crippen LogP contribution is 2.33. The first-order valence-corrected chi connectivity index (χ1v) is 10.1. The van der Waals surface area contributed by atoms with Gasteiger partial charge < -0.3 is 19.3 Å². The minimum atomic E-state index is 0.155. The summed E-state index contributed by atoms with van der Waals surface area (Å²) < 4.78 is 10.8. The third-order valence-corrected chi connectivity index (χ3v) is 6.04. The maximum absolute atomic E-state index is 12.8. The fourth-order valence-corrected chi connectivity index (χ4v) is 4.10. The van der Waals surface area contributed by atoms with E-state index in [-0.39, 0.29) is 11.8 Å². The van der Waals surface area contributed by atoms with Crippen molar-refractivity contribution in [2.24, 2.45) is 5.92 Å². The molecule has 3 aliphatic rings. The van der Waals surface area contributed by atoms with Crippen LogP contribution in [-0.4, -0.2) is 80.0 Å². The van der Waals surface area contributed by atoms with Crippen molar-refractivity contribution in [2.45, 2.75) is 25.8 Å². The second-order valence-corrected chi connectivity index (χ2v) is 7.92. The molecular formula is C21H29N3O4. The normalized spacial score (nSPS) is 19.9.